The fourth-order valence-electron chi connectivity index (χ4n) is 1.92. The Morgan fingerprint density at radius 2 is 1.83 bits per heavy atom. The first-order valence-electron chi connectivity index (χ1n) is 6.16. The van der Waals surface area contributed by atoms with Crippen LogP contribution in [0, 0.1) is 6.92 Å². The molecule has 2 rings (SSSR count). The predicted molar refractivity (Wildman–Crippen MR) is 77.5 cm³/mol. The van der Waals surface area contributed by atoms with Crippen molar-refractivity contribution in [1.82, 2.24) is 9.97 Å². The van der Waals surface area contributed by atoms with E-state index in [-0.39, 0.29) is 5.38 Å². The normalized spacial score (nSPS) is 12.7. The highest BCUT2D eigenvalue weighted by Crippen LogP contribution is 2.19. The molecule has 0 aliphatic carbocycles. The van der Waals surface area contributed by atoms with Gasteiger partial charge in [-0.15, -0.1) is 11.6 Å². The van der Waals surface area contributed by atoms with Crippen LogP contribution in [0.25, 0.3) is 11.0 Å². The van der Waals surface area contributed by atoms with E-state index in [4.69, 9.17) is 11.6 Å². The molecule has 0 saturated carbocycles. The first kappa shape index (κ1) is 13.1. The molecule has 1 atom stereocenters. The fourth-order valence-corrected chi connectivity index (χ4v) is 2.02. The Kier molecular flexibility index (Phi) is 4.02. The van der Waals surface area contributed by atoms with E-state index in [1.54, 1.807) is 0 Å². The lowest BCUT2D eigenvalue weighted by atomic mass is 10.2. The van der Waals surface area contributed by atoms with E-state index < -0.39 is 0 Å². The number of aromatic nitrogens is 2. The summed E-state index contributed by atoms with van der Waals surface area (Å²) in [6, 6.07) is 7.94. The van der Waals surface area contributed by atoms with Crippen molar-refractivity contribution in [1.29, 1.82) is 0 Å². The van der Waals surface area contributed by atoms with Gasteiger partial charge in [0, 0.05) is 19.0 Å². The Morgan fingerprint density at radius 1 is 1.22 bits per heavy atom. The molecule has 0 amide bonds. The van der Waals surface area contributed by atoms with Gasteiger partial charge >= 0.3 is 0 Å². The van der Waals surface area contributed by atoms with Gasteiger partial charge in [0.25, 0.3) is 0 Å². The molecule has 4 heteroatoms. The van der Waals surface area contributed by atoms with Crippen LogP contribution in [0.4, 0.5) is 5.82 Å². The second-order valence-electron chi connectivity index (χ2n) is 4.61. The average molecular weight is 264 g/mol. The summed E-state index contributed by atoms with van der Waals surface area (Å²) >= 11 is 5.98. The Balaban J connectivity index is 2.29. The lowest BCUT2D eigenvalue weighted by molar-refractivity contribution is 0.763. The molecule has 2 aromatic rings. The van der Waals surface area contributed by atoms with Crippen LogP contribution < -0.4 is 4.90 Å². The molecule has 1 heterocycles. The molecule has 0 aliphatic heterocycles. The van der Waals surface area contributed by atoms with Crippen molar-refractivity contribution >= 4 is 28.5 Å². The Bertz CT molecular complexity index is 540. The lowest BCUT2D eigenvalue weighted by Crippen LogP contribution is -2.23. The Labute approximate surface area is 113 Å². The number of rotatable bonds is 4. The number of para-hydroxylation sites is 2. The van der Waals surface area contributed by atoms with Crippen molar-refractivity contribution in [3.63, 3.8) is 0 Å². The molecule has 0 saturated heterocycles. The van der Waals surface area contributed by atoms with Gasteiger partial charge in [0.2, 0.25) is 0 Å². The highest BCUT2D eigenvalue weighted by Gasteiger charge is 2.10. The van der Waals surface area contributed by atoms with Crippen molar-refractivity contribution in [2.75, 3.05) is 18.5 Å². The van der Waals surface area contributed by atoms with Gasteiger partial charge in [0.05, 0.1) is 16.7 Å². The molecule has 1 aromatic heterocycles. The zero-order valence-corrected chi connectivity index (χ0v) is 11.8. The van der Waals surface area contributed by atoms with Crippen LogP contribution in [-0.4, -0.2) is 28.9 Å². The molecule has 96 valence electrons. The van der Waals surface area contributed by atoms with Crippen LogP contribution in [-0.2, 0) is 0 Å². The van der Waals surface area contributed by atoms with Crippen molar-refractivity contribution < 1.29 is 0 Å². The van der Waals surface area contributed by atoms with E-state index >= 15 is 0 Å². The van der Waals surface area contributed by atoms with Gasteiger partial charge in [0.15, 0.2) is 5.82 Å². The fraction of sp³-hybridized carbons (Fsp3) is 0.429. The lowest BCUT2D eigenvalue weighted by Gasteiger charge is -2.20. The van der Waals surface area contributed by atoms with Crippen LogP contribution >= 0.6 is 11.6 Å². The Hall–Kier alpha value is -1.35. The maximum atomic E-state index is 5.98. The Morgan fingerprint density at radius 3 is 2.44 bits per heavy atom. The monoisotopic (exact) mass is 263 g/mol. The number of hydrogen-bond donors (Lipinski definition) is 0. The highest BCUT2D eigenvalue weighted by molar-refractivity contribution is 6.20. The quantitative estimate of drug-likeness (QED) is 0.792. The minimum Gasteiger partial charge on any atom is -0.358 e. The van der Waals surface area contributed by atoms with Crippen LogP contribution in [0.3, 0.4) is 0 Å². The van der Waals surface area contributed by atoms with E-state index in [0.717, 1.165) is 35.5 Å². The smallest absolute Gasteiger partial charge is 0.150 e. The molecule has 1 aromatic carbocycles. The average Bonchev–Trinajstić information content (AvgIpc) is 2.35. The van der Waals surface area contributed by atoms with Gasteiger partial charge in [-0.3, -0.25) is 0 Å². The van der Waals surface area contributed by atoms with Crippen LogP contribution in [0.5, 0.6) is 0 Å². The topological polar surface area (TPSA) is 29.0 Å². The number of benzene rings is 1. The highest BCUT2D eigenvalue weighted by atomic mass is 35.5. The first-order chi connectivity index (χ1) is 8.58. The van der Waals surface area contributed by atoms with Crippen molar-refractivity contribution in [3.8, 4) is 0 Å². The molecule has 0 bridgehead atoms. The minimum absolute atomic E-state index is 0.182. The third kappa shape index (κ3) is 2.91. The number of halogens is 1. The van der Waals surface area contributed by atoms with Crippen LogP contribution in [0.1, 0.15) is 19.0 Å². The van der Waals surface area contributed by atoms with Gasteiger partial charge in [-0.2, -0.15) is 0 Å². The number of anilines is 1. The van der Waals surface area contributed by atoms with Gasteiger partial charge in [-0.05, 0) is 32.4 Å². The zero-order valence-electron chi connectivity index (χ0n) is 11.0. The summed E-state index contributed by atoms with van der Waals surface area (Å²) in [5.74, 6) is 0.936. The second-order valence-corrected chi connectivity index (χ2v) is 5.36. The van der Waals surface area contributed by atoms with E-state index in [9.17, 15) is 0 Å². The third-order valence-electron chi connectivity index (χ3n) is 2.94. The van der Waals surface area contributed by atoms with E-state index in [1.807, 2.05) is 45.2 Å². The minimum atomic E-state index is 0.182. The number of nitrogens with zero attached hydrogens (tertiary/aromatic N) is 3. The molecule has 18 heavy (non-hydrogen) atoms. The summed E-state index contributed by atoms with van der Waals surface area (Å²) in [6.07, 6.45) is 0.937. The van der Waals surface area contributed by atoms with Crippen LogP contribution in [0.15, 0.2) is 24.3 Å². The zero-order chi connectivity index (χ0) is 13.1. The number of aryl methyl sites for hydroxylation is 1. The summed E-state index contributed by atoms with van der Waals surface area (Å²) < 4.78 is 0. The van der Waals surface area contributed by atoms with E-state index in [0.29, 0.717) is 0 Å². The van der Waals surface area contributed by atoms with Gasteiger partial charge in [-0.1, -0.05) is 12.1 Å². The van der Waals surface area contributed by atoms with Crippen molar-refractivity contribution in [2.45, 2.75) is 25.6 Å². The maximum Gasteiger partial charge on any atom is 0.150 e. The maximum absolute atomic E-state index is 5.98. The standard InChI is InChI=1S/C14H18ClN3/c1-10(15)8-9-18(3)14-11(2)16-12-6-4-5-7-13(12)17-14/h4-7,10H,8-9H2,1-3H3. The SMILES string of the molecule is Cc1nc2ccccc2nc1N(C)CCC(C)Cl. The molecule has 0 N–H and O–H groups in total. The molecule has 0 radical (unpaired) electrons. The molecule has 3 nitrogen and oxygen atoms in total. The first-order valence-corrected chi connectivity index (χ1v) is 6.60. The summed E-state index contributed by atoms with van der Waals surface area (Å²) in [7, 11) is 2.03. The van der Waals surface area contributed by atoms with Gasteiger partial charge in [-0.25, -0.2) is 9.97 Å². The summed E-state index contributed by atoms with van der Waals surface area (Å²) in [4.78, 5) is 11.4. The summed E-state index contributed by atoms with van der Waals surface area (Å²) in [5, 5.41) is 0.182. The van der Waals surface area contributed by atoms with Gasteiger partial charge in [0.1, 0.15) is 0 Å². The summed E-state index contributed by atoms with van der Waals surface area (Å²) in [5.41, 5.74) is 2.83. The van der Waals surface area contributed by atoms with E-state index in [2.05, 4.69) is 14.9 Å². The molecule has 0 fully saturated rings. The molecule has 0 aliphatic rings. The van der Waals surface area contributed by atoms with E-state index in [1.165, 1.54) is 0 Å². The molecular formula is C14H18ClN3. The molecular weight excluding hydrogens is 246 g/mol. The molecule has 1 unspecified atom stereocenters. The number of fused-ring (bicyclic) bond motifs is 1. The third-order valence-corrected chi connectivity index (χ3v) is 3.16. The van der Waals surface area contributed by atoms with Crippen molar-refractivity contribution in [2.24, 2.45) is 0 Å². The number of alkyl halides is 1. The largest absolute Gasteiger partial charge is 0.358 e. The second kappa shape index (κ2) is 5.53. The number of hydrogen-bond acceptors (Lipinski definition) is 3. The van der Waals surface area contributed by atoms with Gasteiger partial charge < -0.3 is 4.90 Å². The molecule has 0 spiro atoms. The summed E-state index contributed by atoms with van der Waals surface area (Å²) in [6.45, 7) is 4.89. The predicted octanol–water partition coefficient (Wildman–Crippen LogP) is 3.39. The van der Waals surface area contributed by atoms with Crippen molar-refractivity contribution in [3.05, 3.63) is 30.0 Å². The van der Waals surface area contributed by atoms with Crippen LogP contribution in [0.2, 0.25) is 0 Å².